The molecule has 4 heterocycles. The summed E-state index contributed by atoms with van der Waals surface area (Å²) < 4.78 is 6.09. The number of pyridine rings is 1. The average Bonchev–Trinajstić information content (AvgIpc) is 2.87. The molecule has 6 nitrogen and oxygen atoms in total. The number of morpholine rings is 1. The van der Waals surface area contributed by atoms with Crippen LogP contribution in [0.2, 0.25) is 0 Å². The van der Waals surface area contributed by atoms with Crippen LogP contribution in [0.25, 0.3) is 0 Å². The maximum atomic E-state index is 6.09. The second-order valence-corrected chi connectivity index (χ2v) is 6.42. The number of aromatic nitrogens is 3. The lowest BCUT2D eigenvalue weighted by Gasteiger charge is -2.40. The van der Waals surface area contributed by atoms with Crippen LogP contribution in [-0.2, 0) is 11.3 Å². The van der Waals surface area contributed by atoms with Gasteiger partial charge in [0.05, 0.1) is 12.7 Å². The van der Waals surface area contributed by atoms with Gasteiger partial charge in [-0.1, -0.05) is 0 Å². The van der Waals surface area contributed by atoms with Gasteiger partial charge in [0.1, 0.15) is 0 Å². The predicted octanol–water partition coefficient (Wildman–Crippen LogP) is 1.74. The van der Waals surface area contributed by atoms with Crippen LogP contribution in [-0.4, -0.2) is 58.2 Å². The molecule has 2 saturated heterocycles. The molecule has 0 saturated carbocycles. The zero-order valence-corrected chi connectivity index (χ0v) is 13.8. The van der Waals surface area contributed by atoms with Crippen LogP contribution in [0, 0.1) is 0 Å². The lowest BCUT2D eigenvalue weighted by atomic mass is 10.0. The molecular formula is C18H23N5O. The summed E-state index contributed by atoms with van der Waals surface area (Å²) in [7, 11) is 0. The summed E-state index contributed by atoms with van der Waals surface area (Å²) in [6.45, 7) is 4.70. The smallest absolute Gasteiger partial charge is 0.225 e. The van der Waals surface area contributed by atoms with Crippen molar-refractivity contribution < 1.29 is 4.74 Å². The Morgan fingerprint density at radius 3 is 2.62 bits per heavy atom. The Morgan fingerprint density at radius 1 is 1.00 bits per heavy atom. The van der Waals surface area contributed by atoms with Gasteiger partial charge >= 0.3 is 0 Å². The molecule has 0 unspecified atom stereocenters. The molecule has 2 aliphatic rings. The van der Waals surface area contributed by atoms with Crippen molar-refractivity contribution in [2.24, 2.45) is 0 Å². The van der Waals surface area contributed by atoms with Gasteiger partial charge in [0, 0.05) is 57.0 Å². The van der Waals surface area contributed by atoms with Crippen molar-refractivity contribution in [2.45, 2.75) is 31.5 Å². The molecule has 0 amide bonds. The number of anilines is 1. The molecule has 2 aromatic heterocycles. The van der Waals surface area contributed by atoms with E-state index in [1.807, 2.05) is 30.9 Å². The van der Waals surface area contributed by atoms with Gasteiger partial charge in [-0.05, 0) is 36.6 Å². The van der Waals surface area contributed by atoms with Gasteiger partial charge in [0.15, 0.2) is 0 Å². The van der Waals surface area contributed by atoms with E-state index in [-0.39, 0.29) is 0 Å². The monoisotopic (exact) mass is 325 g/mol. The number of hydrogen-bond donors (Lipinski definition) is 0. The zero-order valence-electron chi connectivity index (χ0n) is 13.8. The van der Waals surface area contributed by atoms with Crippen LogP contribution in [0.3, 0.4) is 0 Å². The van der Waals surface area contributed by atoms with Gasteiger partial charge in [-0.3, -0.25) is 9.88 Å². The van der Waals surface area contributed by atoms with E-state index in [1.54, 1.807) is 0 Å². The van der Waals surface area contributed by atoms with E-state index in [4.69, 9.17) is 4.74 Å². The summed E-state index contributed by atoms with van der Waals surface area (Å²) >= 11 is 0. The third-order valence-electron chi connectivity index (χ3n) is 4.96. The quantitative estimate of drug-likeness (QED) is 0.857. The fraction of sp³-hybridized carbons (Fsp3) is 0.500. The second-order valence-electron chi connectivity index (χ2n) is 6.42. The van der Waals surface area contributed by atoms with E-state index in [0.717, 1.165) is 51.6 Å². The molecule has 126 valence electrons. The summed E-state index contributed by atoms with van der Waals surface area (Å²) in [5.41, 5.74) is 1.32. The standard InChI is InChI=1S/C18H23N5O/c1-6-20-18(21-7-1)22-10-4-16-17(5-11-22)24-13-12-23(16)14-15-2-8-19-9-3-15/h1-3,6-9,16-17H,4-5,10-14H2/t16-,17-/m0/s1. The predicted molar refractivity (Wildman–Crippen MR) is 91.7 cm³/mol. The molecule has 0 aromatic carbocycles. The maximum Gasteiger partial charge on any atom is 0.225 e. The Hall–Kier alpha value is -2.05. The van der Waals surface area contributed by atoms with Gasteiger partial charge in [0.2, 0.25) is 5.95 Å². The van der Waals surface area contributed by atoms with E-state index in [9.17, 15) is 0 Å². The third-order valence-corrected chi connectivity index (χ3v) is 4.96. The van der Waals surface area contributed by atoms with Gasteiger partial charge < -0.3 is 9.64 Å². The Morgan fingerprint density at radius 2 is 1.79 bits per heavy atom. The molecule has 4 rings (SSSR count). The Kier molecular flexibility index (Phi) is 4.66. The first-order valence-electron chi connectivity index (χ1n) is 8.67. The van der Waals surface area contributed by atoms with E-state index in [2.05, 4.69) is 36.9 Å². The van der Waals surface area contributed by atoms with Crippen molar-refractivity contribution in [1.82, 2.24) is 19.9 Å². The minimum absolute atomic E-state index is 0.300. The van der Waals surface area contributed by atoms with Crippen LogP contribution < -0.4 is 4.90 Å². The van der Waals surface area contributed by atoms with Crippen molar-refractivity contribution in [3.8, 4) is 0 Å². The van der Waals surface area contributed by atoms with E-state index in [0.29, 0.717) is 12.1 Å². The van der Waals surface area contributed by atoms with Gasteiger partial charge in [-0.25, -0.2) is 9.97 Å². The highest BCUT2D eigenvalue weighted by Gasteiger charge is 2.35. The number of rotatable bonds is 3. The Balaban J connectivity index is 1.46. The molecule has 0 bridgehead atoms. The molecule has 0 aliphatic carbocycles. The van der Waals surface area contributed by atoms with Gasteiger partial charge in [-0.2, -0.15) is 0 Å². The molecule has 2 atom stereocenters. The fourth-order valence-electron chi connectivity index (χ4n) is 3.73. The SMILES string of the molecule is c1cnc(N2CC[C@@H]3OCCN(Cc4ccncc4)[C@H]3CC2)nc1. The van der Waals surface area contributed by atoms with Crippen molar-refractivity contribution >= 4 is 5.95 Å². The van der Waals surface area contributed by atoms with Crippen LogP contribution >= 0.6 is 0 Å². The Labute approximate surface area is 142 Å². The highest BCUT2D eigenvalue weighted by atomic mass is 16.5. The Bertz CT molecular complexity index is 638. The molecule has 2 fully saturated rings. The number of nitrogens with zero attached hydrogens (tertiary/aromatic N) is 5. The summed E-state index contributed by atoms with van der Waals surface area (Å²) in [6.07, 6.45) is 9.77. The van der Waals surface area contributed by atoms with Crippen LogP contribution in [0.15, 0.2) is 43.0 Å². The molecule has 2 aliphatic heterocycles. The van der Waals surface area contributed by atoms with E-state index >= 15 is 0 Å². The number of fused-ring (bicyclic) bond motifs is 1. The van der Waals surface area contributed by atoms with Crippen molar-refractivity contribution in [3.63, 3.8) is 0 Å². The second kappa shape index (κ2) is 7.23. The van der Waals surface area contributed by atoms with Gasteiger partial charge in [0.25, 0.3) is 0 Å². The first-order chi connectivity index (χ1) is 11.9. The summed E-state index contributed by atoms with van der Waals surface area (Å²) in [5.74, 6) is 0.830. The van der Waals surface area contributed by atoms with Crippen LogP contribution in [0.4, 0.5) is 5.95 Å². The van der Waals surface area contributed by atoms with Crippen LogP contribution in [0.5, 0.6) is 0 Å². The maximum absolute atomic E-state index is 6.09. The summed E-state index contributed by atoms with van der Waals surface area (Å²) in [5, 5.41) is 0. The fourth-order valence-corrected chi connectivity index (χ4v) is 3.73. The number of ether oxygens (including phenoxy) is 1. The van der Waals surface area contributed by atoms with Crippen molar-refractivity contribution in [3.05, 3.63) is 48.5 Å². The average molecular weight is 325 g/mol. The largest absolute Gasteiger partial charge is 0.375 e. The molecule has 0 N–H and O–H groups in total. The summed E-state index contributed by atoms with van der Waals surface area (Å²) in [4.78, 5) is 17.8. The first-order valence-corrected chi connectivity index (χ1v) is 8.67. The lowest BCUT2D eigenvalue weighted by molar-refractivity contribution is -0.0746. The minimum Gasteiger partial charge on any atom is -0.375 e. The van der Waals surface area contributed by atoms with Crippen molar-refractivity contribution in [2.75, 3.05) is 31.1 Å². The van der Waals surface area contributed by atoms with Gasteiger partial charge in [-0.15, -0.1) is 0 Å². The highest BCUT2D eigenvalue weighted by Crippen LogP contribution is 2.26. The molecule has 0 spiro atoms. The van der Waals surface area contributed by atoms with Crippen LogP contribution in [0.1, 0.15) is 18.4 Å². The zero-order chi connectivity index (χ0) is 16.2. The first kappa shape index (κ1) is 15.5. The topological polar surface area (TPSA) is 54.4 Å². The molecule has 6 heteroatoms. The third kappa shape index (κ3) is 3.39. The summed E-state index contributed by atoms with van der Waals surface area (Å²) in [6, 6.07) is 6.53. The lowest BCUT2D eigenvalue weighted by Crippen LogP contribution is -2.50. The highest BCUT2D eigenvalue weighted by molar-refractivity contribution is 5.28. The molecule has 24 heavy (non-hydrogen) atoms. The van der Waals surface area contributed by atoms with Crippen molar-refractivity contribution in [1.29, 1.82) is 0 Å². The van der Waals surface area contributed by atoms with E-state index < -0.39 is 0 Å². The molecule has 0 radical (unpaired) electrons. The molecular weight excluding hydrogens is 302 g/mol. The minimum atomic E-state index is 0.300. The van der Waals surface area contributed by atoms with E-state index in [1.165, 1.54) is 5.56 Å². The number of hydrogen-bond acceptors (Lipinski definition) is 6. The molecule has 2 aromatic rings. The normalized spacial score (nSPS) is 25.1.